The monoisotopic (exact) mass is 236 g/mol. The fourth-order valence-electron chi connectivity index (χ4n) is 1.40. The van der Waals surface area contributed by atoms with Crippen molar-refractivity contribution in [1.29, 1.82) is 0 Å². The molecule has 0 radical (unpaired) electrons. The topological polar surface area (TPSA) is 25.8 Å². The quantitative estimate of drug-likeness (QED) is 0.703. The molecular formula is C10H9BrN2. The molecule has 66 valence electrons. The van der Waals surface area contributed by atoms with E-state index in [0.29, 0.717) is 0 Å². The van der Waals surface area contributed by atoms with Gasteiger partial charge >= 0.3 is 0 Å². The van der Waals surface area contributed by atoms with Gasteiger partial charge in [0.05, 0.1) is 0 Å². The number of nitrogens with zero attached hydrogens (tertiary/aromatic N) is 2. The van der Waals surface area contributed by atoms with Crippen molar-refractivity contribution in [3.05, 3.63) is 34.1 Å². The summed E-state index contributed by atoms with van der Waals surface area (Å²) < 4.78 is 0.994. The molecule has 0 saturated heterocycles. The maximum Gasteiger partial charge on any atom is 0.159 e. The molecule has 2 heterocycles. The number of hydrogen-bond donors (Lipinski definition) is 0. The summed E-state index contributed by atoms with van der Waals surface area (Å²) in [6.45, 7) is 4.06. The van der Waals surface area contributed by atoms with Gasteiger partial charge < -0.3 is 0 Å². The van der Waals surface area contributed by atoms with Crippen molar-refractivity contribution in [2.24, 2.45) is 0 Å². The van der Waals surface area contributed by atoms with Gasteiger partial charge in [-0.05, 0) is 47.5 Å². The Bertz CT molecular complexity index is 466. The van der Waals surface area contributed by atoms with Crippen LogP contribution in [-0.2, 0) is 0 Å². The number of aryl methyl sites for hydroxylation is 2. The zero-order valence-electron chi connectivity index (χ0n) is 7.50. The lowest BCUT2D eigenvalue weighted by Gasteiger charge is -2.02. The third-order valence-corrected chi connectivity index (χ3v) is 2.40. The van der Waals surface area contributed by atoms with Crippen LogP contribution >= 0.6 is 15.9 Å². The maximum absolute atomic E-state index is 4.35. The Morgan fingerprint density at radius 3 is 2.77 bits per heavy atom. The van der Waals surface area contributed by atoms with E-state index in [-0.39, 0.29) is 0 Å². The van der Waals surface area contributed by atoms with Gasteiger partial charge in [0.2, 0.25) is 0 Å². The molecule has 0 fully saturated rings. The third-order valence-electron chi connectivity index (χ3n) is 1.97. The van der Waals surface area contributed by atoms with Gasteiger partial charge in [0.1, 0.15) is 0 Å². The molecule has 0 unspecified atom stereocenters. The predicted molar refractivity (Wildman–Crippen MR) is 56.7 cm³/mol. The number of rotatable bonds is 0. The maximum atomic E-state index is 4.35. The van der Waals surface area contributed by atoms with E-state index in [1.165, 1.54) is 5.56 Å². The molecule has 0 amide bonds. The van der Waals surface area contributed by atoms with Gasteiger partial charge in [-0.2, -0.15) is 0 Å². The molecule has 0 bridgehead atoms. The van der Waals surface area contributed by atoms with Crippen molar-refractivity contribution >= 4 is 27.0 Å². The first-order chi connectivity index (χ1) is 6.16. The Hall–Kier alpha value is -0.960. The first kappa shape index (κ1) is 8.63. The van der Waals surface area contributed by atoms with E-state index in [2.05, 4.69) is 38.9 Å². The van der Waals surface area contributed by atoms with Crippen LogP contribution in [0.4, 0.5) is 0 Å². The zero-order valence-corrected chi connectivity index (χ0v) is 9.09. The average molecular weight is 237 g/mol. The summed E-state index contributed by atoms with van der Waals surface area (Å²) in [6.07, 6.45) is 1.77. The highest BCUT2D eigenvalue weighted by molar-refractivity contribution is 9.10. The minimum absolute atomic E-state index is 0.820. The fraction of sp³-hybridized carbons (Fsp3) is 0.200. The van der Waals surface area contributed by atoms with E-state index in [1.54, 1.807) is 6.20 Å². The van der Waals surface area contributed by atoms with Crippen LogP contribution in [0.3, 0.4) is 0 Å². The highest BCUT2D eigenvalue weighted by atomic mass is 79.9. The van der Waals surface area contributed by atoms with E-state index in [0.717, 1.165) is 21.2 Å². The number of hydrogen-bond acceptors (Lipinski definition) is 2. The van der Waals surface area contributed by atoms with Crippen molar-refractivity contribution in [2.75, 3.05) is 0 Å². The molecule has 0 spiro atoms. The number of fused-ring (bicyclic) bond motifs is 1. The van der Waals surface area contributed by atoms with E-state index in [1.807, 2.05) is 13.0 Å². The molecule has 3 heteroatoms. The van der Waals surface area contributed by atoms with E-state index < -0.39 is 0 Å². The van der Waals surface area contributed by atoms with Crippen LogP contribution in [0, 0.1) is 13.8 Å². The Morgan fingerprint density at radius 1 is 1.23 bits per heavy atom. The molecule has 2 nitrogen and oxygen atoms in total. The Kier molecular flexibility index (Phi) is 2.04. The minimum atomic E-state index is 0.820. The summed E-state index contributed by atoms with van der Waals surface area (Å²) in [7, 11) is 0. The smallest absolute Gasteiger partial charge is 0.159 e. The normalized spacial score (nSPS) is 10.7. The second-order valence-electron chi connectivity index (χ2n) is 3.11. The number of aromatic nitrogens is 2. The number of halogens is 1. The van der Waals surface area contributed by atoms with Crippen molar-refractivity contribution in [1.82, 2.24) is 9.97 Å². The van der Waals surface area contributed by atoms with Gasteiger partial charge in [-0.1, -0.05) is 0 Å². The summed E-state index contributed by atoms with van der Waals surface area (Å²) in [5.41, 5.74) is 3.05. The molecule has 0 atom stereocenters. The van der Waals surface area contributed by atoms with Gasteiger partial charge in [0.25, 0.3) is 0 Å². The van der Waals surface area contributed by atoms with Crippen LogP contribution in [0.5, 0.6) is 0 Å². The molecule has 2 aromatic rings. The predicted octanol–water partition coefficient (Wildman–Crippen LogP) is 3.01. The van der Waals surface area contributed by atoms with Crippen LogP contribution in [0.2, 0.25) is 0 Å². The molecule has 0 aromatic carbocycles. The van der Waals surface area contributed by atoms with Crippen LogP contribution in [0.15, 0.2) is 22.8 Å². The Balaban J connectivity index is 2.87. The molecule has 0 N–H and O–H groups in total. The first-order valence-corrected chi connectivity index (χ1v) is 4.85. The summed E-state index contributed by atoms with van der Waals surface area (Å²) in [5, 5.41) is 1.11. The second-order valence-corrected chi connectivity index (χ2v) is 4.02. The van der Waals surface area contributed by atoms with Crippen LogP contribution in [-0.4, -0.2) is 9.97 Å². The van der Waals surface area contributed by atoms with Crippen LogP contribution < -0.4 is 0 Å². The fourth-order valence-corrected chi connectivity index (χ4v) is 1.73. The molecule has 0 aliphatic carbocycles. The van der Waals surface area contributed by atoms with Gasteiger partial charge in [-0.3, -0.25) is 0 Å². The van der Waals surface area contributed by atoms with Gasteiger partial charge in [-0.15, -0.1) is 0 Å². The molecule has 0 aliphatic heterocycles. The van der Waals surface area contributed by atoms with E-state index >= 15 is 0 Å². The standard InChI is InChI=1S/C10H9BrN2/c1-6-3-7(2)13-10-9(6)4-8(11)5-12-10/h3-5H,1-2H3. The summed E-state index contributed by atoms with van der Waals surface area (Å²) in [5.74, 6) is 0. The molecule has 2 rings (SSSR count). The highest BCUT2D eigenvalue weighted by Gasteiger charge is 2.01. The highest BCUT2D eigenvalue weighted by Crippen LogP contribution is 2.19. The molecule has 13 heavy (non-hydrogen) atoms. The SMILES string of the molecule is Cc1cc(C)c2cc(Br)cnc2n1. The second kappa shape index (κ2) is 3.07. The zero-order chi connectivity index (χ0) is 9.42. The third kappa shape index (κ3) is 1.56. The van der Waals surface area contributed by atoms with Gasteiger partial charge in [0.15, 0.2) is 5.65 Å². The van der Waals surface area contributed by atoms with E-state index in [4.69, 9.17) is 0 Å². The first-order valence-electron chi connectivity index (χ1n) is 4.06. The number of pyridine rings is 2. The van der Waals surface area contributed by atoms with Gasteiger partial charge in [0, 0.05) is 21.7 Å². The van der Waals surface area contributed by atoms with Crippen molar-refractivity contribution in [3.8, 4) is 0 Å². The average Bonchev–Trinajstić information content (AvgIpc) is 2.06. The Labute approximate surface area is 85.1 Å². The van der Waals surface area contributed by atoms with Crippen molar-refractivity contribution in [3.63, 3.8) is 0 Å². The molecule has 2 aromatic heterocycles. The van der Waals surface area contributed by atoms with Crippen LogP contribution in [0.25, 0.3) is 11.0 Å². The molecule has 0 aliphatic rings. The molecule has 0 saturated carbocycles. The lowest BCUT2D eigenvalue weighted by molar-refractivity contribution is 1.18. The largest absolute Gasteiger partial charge is 0.235 e. The lowest BCUT2D eigenvalue weighted by atomic mass is 10.1. The van der Waals surface area contributed by atoms with Crippen molar-refractivity contribution in [2.45, 2.75) is 13.8 Å². The van der Waals surface area contributed by atoms with E-state index in [9.17, 15) is 0 Å². The van der Waals surface area contributed by atoms with Gasteiger partial charge in [-0.25, -0.2) is 9.97 Å². The summed E-state index contributed by atoms with van der Waals surface area (Å²) in [6, 6.07) is 4.11. The Morgan fingerprint density at radius 2 is 2.00 bits per heavy atom. The summed E-state index contributed by atoms with van der Waals surface area (Å²) >= 11 is 3.39. The minimum Gasteiger partial charge on any atom is -0.235 e. The van der Waals surface area contributed by atoms with Crippen LogP contribution in [0.1, 0.15) is 11.3 Å². The summed E-state index contributed by atoms with van der Waals surface area (Å²) in [4.78, 5) is 8.59. The lowest BCUT2D eigenvalue weighted by Crippen LogP contribution is -1.89. The van der Waals surface area contributed by atoms with Crippen molar-refractivity contribution < 1.29 is 0 Å². The molecular weight excluding hydrogens is 228 g/mol.